The minimum absolute atomic E-state index is 0.0798. The van der Waals surface area contributed by atoms with Crippen molar-refractivity contribution in [3.05, 3.63) is 89.2 Å². The molecule has 1 fully saturated rings. The lowest BCUT2D eigenvalue weighted by Gasteiger charge is -2.26. The van der Waals surface area contributed by atoms with Crippen molar-refractivity contribution in [2.45, 2.75) is 6.42 Å². The van der Waals surface area contributed by atoms with Crippen molar-refractivity contribution in [2.75, 3.05) is 6.54 Å². The molecule has 3 aromatic carbocycles. The van der Waals surface area contributed by atoms with Crippen LogP contribution in [0.1, 0.15) is 11.1 Å². The summed E-state index contributed by atoms with van der Waals surface area (Å²) in [6, 6.07) is 18.3. The second-order valence-electron chi connectivity index (χ2n) is 6.72. The summed E-state index contributed by atoms with van der Waals surface area (Å²) in [4.78, 5) is 38.4. The van der Waals surface area contributed by atoms with Crippen LogP contribution in [0.25, 0.3) is 16.8 Å². The maximum Gasteiger partial charge on any atom is 0.331 e. The largest absolute Gasteiger partial charge is 0.331 e. The molecule has 4 rings (SSSR count). The zero-order valence-electron chi connectivity index (χ0n) is 15.4. The van der Waals surface area contributed by atoms with Gasteiger partial charge in [0.25, 0.3) is 11.8 Å². The van der Waals surface area contributed by atoms with Crippen molar-refractivity contribution in [3.8, 4) is 0 Å². The van der Waals surface area contributed by atoms with Gasteiger partial charge in [0.05, 0.1) is 0 Å². The van der Waals surface area contributed by atoms with Gasteiger partial charge in [-0.05, 0) is 46.5 Å². The van der Waals surface area contributed by atoms with E-state index < -0.39 is 17.8 Å². The monoisotopic (exact) mass is 388 g/mol. The predicted octanol–water partition coefficient (Wildman–Crippen LogP) is 3.68. The van der Waals surface area contributed by atoms with Gasteiger partial charge in [-0.1, -0.05) is 54.6 Å². The average molecular weight is 388 g/mol. The van der Waals surface area contributed by atoms with Crippen LogP contribution in [0.2, 0.25) is 0 Å². The SMILES string of the molecule is O=C1NC(=O)N(CCc2ccc(F)cc2)C(=O)C1=Cc1cccc2ccccc12. The van der Waals surface area contributed by atoms with Crippen molar-refractivity contribution >= 4 is 34.7 Å². The quantitative estimate of drug-likeness (QED) is 0.548. The number of barbiturate groups is 1. The number of halogens is 1. The Kier molecular flexibility index (Phi) is 4.91. The Balaban J connectivity index is 1.62. The van der Waals surface area contributed by atoms with E-state index in [1.54, 1.807) is 12.1 Å². The lowest BCUT2D eigenvalue weighted by atomic mass is 10.0. The summed E-state index contributed by atoms with van der Waals surface area (Å²) >= 11 is 0. The average Bonchev–Trinajstić information content (AvgIpc) is 2.72. The fourth-order valence-corrected chi connectivity index (χ4v) is 3.32. The molecule has 0 aromatic heterocycles. The maximum absolute atomic E-state index is 13.0. The van der Waals surface area contributed by atoms with Crippen molar-refractivity contribution in [3.63, 3.8) is 0 Å². The van der Waals surface area contributed by atoms with Gasteiger partial charge in [0, 0.05) is 6.54 Å². The van der Waals surface area contributed by atoms with Crippen molar-refractivity contribution in [1.29, 1.82) is 0 Å². The van der Waals surface area contributed by atoms with Crippen LogP contribution >= 0.6 is 0 Å². The molecule has 3 aromatic rings. The predicted molar refractivity (Wildman–Crippen MR) is 107 cm³/mol. The highest BCUT2D eigenvalue weighted by molar-refractivity contribution is 6.31. The Morgan fingerprint density at radius 2 is 1.62 bits per heavy atom. The van der Waals surface area contributed by atoms with Crippen LogP contribution in [0.15, 0.2) is 72.3 Å². The minimum Gasteiger partial charge on any atom is -0.273 e. The topological polar surface area (TPSA) is 66.5 Å². The van der Waals surface area contributed by atoms with Gasteiger partial charge in [-0.2, -0.15) is 0 Å². The summed E-state index contributed by atoms with van der Waals surface area (Å²) in [6.45, 7) is 0.0798. The first-order chi connectivity index (χ1) is 14.0. The molecule has 0 saturated carbocycles. The van der Waals surface area contributed by atoms with Crippen molar-refractivity contribution < 1.29 is 18.8 Å². The molecule has 1 aliphatic rings. The smallest absolute Gasteiger partial charge is 0.273 e. The molecular weight excluding hydrogens is 371 g/mol. The van der Waals surface area contributed by atoms with Crippen molar-refractivity contribution in [1.82, 2.24) is 10.2 Å². The standard InChI is InChI=1S/C23H17FN2O3/c24-18-10-8-15(9-11-18)12-13-26-22(28)20(21(27)25-23(26)29)14-17-6-3-5-16-4-1-2-7-19(16)17/h1-11,14H,12-13H2,(H,25,27,29). The van der Waals surface area contributed by atoms with E-state index >= 15 is 0 Å². The fourth-order valence-electron chi connectivity index (χ4n) is 3.32. The van der Waals surface area contributed by atoms with Crippen LogP contribution in [-0.2, 0) is 16.0 Å². The van der Waals surface area contributed by atoms with Crippen LogP contribution in [-0.4, -0.2) is 29.3 Å². The number of hydrogen-bond acceptors (Lipinski definition) is 3. The third-order valence-electron chi connectivity index (χ3n) is 4.85. The number of hydrogen-bond donors (Lipinski definition) is 1. The first-order valence-electron chi connectivity index (χ1n) is 9.14. The second kappa shape index (κ2) is 7.67. The Hall–Kier alpha value is -3.80. The first kappa shape index (κ1) is 18.6. The molecule has 4 amide bonds. The van der Waals surface area contributed by atoms with E-state index in [9.17, 15) is 18.8 Å². The third kappa shape index (κ3) is 3.78. The molecule has 1 aliphatic heterocycles. The van der Waals surface area contributed by atoms with Gasteiger partial charge in [0.2, 0.25) is 0 Å². The van der Waals surface area contributed by atoms with Crippen LogP contribution in [0, 0.1) is 5.82 Å². The molecule has 1 saturated heterocycles. The van der Waals surface area contributed by atoms with Crippen molar-refractivity contribution in [2.24, 2.45) is 0 Å². The molecule has 1 N–H and O–H groups in total. The van der Waals surface area contributed by atoms with Gasteiger partial charge in [0.15, 0.2) is 0 Å². The number of fused-ring (bicyclic) bond motifs is 1. The molecule has 5 nitrogen and oxygen atoms in total. The lowest BCUT2D eigenvalue weighted by molar-refractivity contribution is -0.130. The molecule has 0 atom stereocenters. The summed E-state index contributed by atoms with van der Waals surface area (Å²) in [6.07, 6.45) is 1.87. The summed E-state index contributed by atoms with van der Waals surface area (Å²) in [5.74, 6) is -1.72. The number of nitrogens with one attached hydrogen (secondary N) is 1. The molecular formula is C23H17FN2O3. The Labute approximate surface area is 166 Å². The molecule has 0 radical (unpaired) electrons. The number of amides is 4. The fraction of sp³-hybridized carbons (Fsp3) is 0.0870. The van der Waals surface area contributed by atoms with Gasteiger partial charge >= 0.3 is 6.03 Å². The van der Waals surface area contributed by atoms with Gasteiger partial charge in [0.1, 0.15) is 11.4 Å². The molecule has 0 unspecified atom stereocenters. The highest BCUT2D eigenvalue weighted by Crippen LogP contribution is 2.22. The maximum atomic E-state index is 13.0. The third-order valence-corrected chi connectivity index (χ3v) is 4.85. The Bertz CT molecular complexity index is 1150. The van der Waals surface area contributed by atoms with Crippen LogP contribution < -0.4 is 5.32 Å². The lowest BCUT2D eigenvalue weighted by Crippen LogP contribution is -2.54. The normalized spacial score (nSPS) is 15.8. The molecule has 144 valence electrons. The van der Waals surface area contributed by atoms with Gasteiger partial charge < -0.3 is 0 Å². The van der Waals surface area contributed by atoms with E-state index in [1.165, 1.54) is 18.2 Å². The van der Waals surface area contributed by atoms with E-state index in [0.29, 0.717) is 6.42 Å². The molecule has 0 aliphatic carbocycles. The van der Waals surface area contributed by atoms with E-state index in [1.807, 2.05) is 42.5 Å². The van der Waals surface area contributed by atoms with Gasteiger partial charge in [-0.3, -0.25) is 19.8 Å². The molecule has 0 spiro atoms. The first-order valence-corrected chi connectivity index (χ1v) is 9.14. The van der Waals surface area contributed by atoms with Gasteiger partial charge in [-0.25, -0.2) is 9.18 Å². The number of carbonyl (C=O) groups excluding carboxylic acids is 3. The number of urea groups is 1. The molecule has 6 heteroatoms. The second-order valence-corrected chi connectivity index (χ2v) is 6.72. The number of benzene rings is 3. The zero-order valence-corrected chi connectivity index (χ0v) is 15.4. The Morgan fingerprint density at radius 1 is 0.897 bits per heavy atom. The Morgan fingerprint density at radius 3 is 2.41 bits per heavy atom. The summed E-state index contributed by atoms with van der Waals surface area (Å²) in [5, 5.41) is 4.10. The number of imide groups is 2. The molecule has 0 bridgehead atoms. The zero-order chi connectivity index (χ0) is 20.4. The summed E-state index contributed by atoms with van der Waals surface area (Å²) in [5.41, 5.74) is 1.40. The van der Waals surface area contributed by atoms with Crippen LogP contribution in [0.4, 0.5) is 9.18 Å². The van der Waals surface area contributed by atoms with E-state index in [0.717, 1.165) is 26.8 Å². The van der Waals surface area contributed by atoms with Crippen LogP contribution in [0.3, 0.4) is 0 Å². The van der Waals surface area contributed by atoms with Crippen LogP contribution in [0.5, 0.6) is 0 Å². The van der Waals surface area contributed by atoms with E-state index in [2.05, 4.69) is 5.32 Å². The van der Waals surface area contributed by atoms with E-state index in [4.69, 9.17) is 0 Å². The number of nitrogens with zero attached hydrogens (tertiary/aromatic N) is 1. The molecule has 29 heavy (non-hydrogen) atoms. The summed E-state index contributed by atoms with van der Waals surface area (Å²) < 4.78 is 13.0. The molecule has 1 heterocycles. The highest BCUT2D eigenvalue weighted by atomic mass is 19.1. The number of carbonyl (C=O) groups is 3. The highest BCUT2D eigenvalue weighted by Gasteiger charge is 2.35. The van der Waals surface area contributed by atoms with Gasteiger partial charge in [-0.15, -0.1) is 0 Å². The number of rotatable bonds is 4. The summed E-state index contributed by atoms with van der Waals surface area (Å²) in [7, 11) is 0. The minimum atomic E-state index is -0.753. The van der Waals surface area contributed by atoms with E-state index in [-0.39, 0.29) is 17.9 Å².